The second kappa shape index (κ2) is 9.87. The minimum atomic E-state index is -1.14. The molecule has 2 N–H and O–H groups in total. The van der Waals surface area contributed by atoms with Crippen molar-refractivity contribution >= 4 is 17.9 Å². The first kappa shape index (κ1) is 19.2. The Morgan fingerprint density at radius 2 is 1.32 bits per heavy atom. The number of methoxy groups -OCH3 is 1. The lowest BCUT2D eigenvalue weighted by molar-refractivity contribution is -0.136. The number of carboxylic acid groups (broad SMARTS) is 2. The molecule has 0 saturated heterocycles. The van der Waals surface area contributed by atoms with Crippen molar-refractivity contribution in [3.05, 3.63) is 23.3 Å². The molecule has 108 valence electrons. The van der Waals surface area contributed by atoms with E-state index in [2.05, 4.69) is 11.3 Å². The number of hydrogen-bond acceptors (Lipinski definition) is 4. The van der Waals surface area contributed by atoms with E-state index in [1.165, 1.54) is 7.11 Å². The number of carbonyl (C=O) groups excluding carboxylic acids is 1. The maximum atomic E-state index is 10.5. The van der Waals surface area contributed by atoms with E-state index < -0.39 is 11.9 Å². The largest absolute Gasteiger partial charge is 0.478 e. The molecule has 0 rings (SSSR count). The Morgan fingerprint density at radius 1 is 1.00 bits per heavy atom. The number of carboxylic acids is 2. The molecule has 0 heterocycles. The van der Waals surface area contributed by atoms with E-state index in [0.29, 0.717) is 5.57 Å². The van der Waals surface area contributed by atoms with Crippen molar-refractivity contribution in [1.82, 2.24) is 0 Å². The van der Waals surface area contributed by atoms with Gasteiger partial charge in [-0.05, 0) is 19.8 Å². The van der Waals surface area contributed by atoms with Crippen LogP contribution in [0.15, 0.2) is 23.3 Å². The average molecular weight is 272 g/mol. The minimum Gasteiger partial charge on any atom is -0.478 e. The zero-order valence-electron chi connectivity index (χ0n) is 11.6. The Labute approximate surface area is 112 Å². The summed E-state index contributed by atoms with van der Waals surface area (Å²) in [5.41, 5.74) is 0.414. The Hall–Kier alpha value is -2.11. The maximum absolute atomic E-state index is 10.5. The highest BCUT2D eigenvalue weighted by Crippen LogP contribution is 2.12. The van der Waals surface area contributed by atoms with Crippen LogP contribution < -0.4 is 0 Å². The van der Waals surface area contributed by atoms with Crippen molar-refractivity contribution in [2.24, 2.45) is 0 Å². The van der Waals surface area contributed by atoms with Gasteiger partial charge < -0.3 is 14.9 Å². The molecule has 0 aromatic carbocycles. The summed E-state index contributed by atoms with van der Waals surface area (Å²) in [4.78, 5) is 31.2. The minimum absolute atomic E-state index is 0.00926. The van der Waals surface area contributed by atoms with Crippen molar-refractivity contribution < 1.29 is 29.3 Å². The molecule has 0 radical (unpaired) electrons. The fraction of sp³-hybridized carbons (Fsp3) is 0.462. The van der Waals surface area contributed by atoms with Gasteiger partial charge in [0.1, 0.15) is 0 Å². The summed E-state index contributed by atoms with van der Waals surface area (Å²) in [6.07, 6.45) is 0.482. The smallest absolute Gasteiger partial charge is 0.332 e. The Bertz CT molecular complexity index is 368. The van der Waals surface area contributed by atoms with Gasteiger partial charge in [0.25, 0.3) is 0 Å². The summed E-state index contributed by atoms with van der Waals surface area (Å²) in [5.74, 6) is -2.63. The summed E-state index contributed by atoms with van der Waals surface area (Å²) in [7, 11) is 1.33. The van der Waals surface area contributed by atoms with Crippen LogP contribution >= 0.6 is 0 Å². The van der Waals surface area contributed by atoms with Crippen molar-refractivity contribution in [2.75, 3.05) is 7.11 Å². The number of rotatable bonds is 5. The van der Waals surface area contributed by atoms with Crippen molar-refractivity contribution in [3.63, 3.8) is 0 Å². The van der Waals surface area contributed by atoms with Crippen LogP contribution in [0.25, 0.3) is 0 Å². The lowest BCUT2D eigenvalue weighted by Gasteiger charge is -2.03. The topological polar surface area (TPSA) is 101 Å². The van der Waals surface area contributed by atoms with Gasteiger partial charge in [-0.1, -0.05) is 20.4 Å². The van der Waals surface area contributed by atoms with Crippen LogP contribution in [0.4, 0.5) is 0 Å². The average Bonchev–Trinajstić information content (AvgIpc) is 2.34. The van der Waals surface area contributed by atoms with Gasteiger partial charge in [-0.25, -0.2) is 14.4 Å². The standard InChI is InChI=1S/C8H12O4.C5H8O2/c1-3-5(7(9)10)6(4-2)8(11)12;1-4(2)5(6)7-3/h3-4H2,1-2H3,(H,9,10)(H,11,12);1H2,2-3H3. The van der Waals surface area contributed by atoms with Crippen molar-refractivity contribution in [2.45, 2.75) is 33.6 Å². The predicted molar refractivity (Wildman–Crippen MR) is 69.7 cm³/mol. The van der Waals surface area contributed by atoms with Crippen molar-refractivity contribution in [3.8, 4) is 0 Å². The molecular formula is C13H20O6. The molecule has 19 heavy (non-hydrogen) atoms. The molecular weight excluding hydrogens is 252 g/mol. The van der Waals surface area contributed by atoms with Gasteiger partial charge in [0, 0.05) is 16.7 Å². The normalized spacial score (nSPS) is 10.5. The Kier molecular flexibility index (Phi) is 10.00. The number of aliphatic carboxylic acids is 2. The molecule has 0 fully saturated rings. The summed E-state index contributed by atoms with van der Waals surface area (Å²) in [5, 5.41) is 17.2. The molecule has 0 atom stereocenters. The lowest BCUT2D eigenvalue weighted by Crippen LogP contribution is -2.10. The molecule has 0 unspecified atom stereocenters. The number of ether oxygens (including phenoxy) is 1. The highest BCUT2D eigenvalue weighted by molar-refractivity contribution is 5.98. The monoisotopic (exact) mass is 272 g/mol. The molecule has 0 aliphatic carbocycles. The summed E-state index contributed by atoms with van der Waals surface area (Å²) in [6, 6.07) is 0. The zero-order chi connectivity index (χ0) is 15.6. The second-order valence-electron chi connectivity index (χ2n) is 3.55. The summed E-state index contributed by atoms with van der Waals surface area (Å²) < 4.78 is 4.27. The van der Waals surface area contributed by atoms with Crippen LogP contribution in [0.2, 0.25) is 0 Å². The fourth-order valence-electron chi connectivity index (χ4n) is 1.16. The van der Waals surface area contributed by atoms with Gasteiger partial charge in [-0.15, -0.1) is 0 Å². The highest BCUT2D eigenvalue weighted by Gasteiger charge is 2.16. The Balaban J connectivity index is 0. The maximum Gasteiger partial charge on any atom is 0.332 e. The molecule has 0 aromatic rings. The van der Waals surface area contributed by atoms with E-state index in [1.54, 1.807) is 20.8 Å². The van der Waals surface area contributed by atoms with Crippen LogP contribution in [0.5, 0.6) is 0 Å². The molecule has 0 bridgehead atoms. The number of esters is 1. The Morgan fingerprint density at radius 3 is 1.37 bits per heavy atom. The van der Waals surface area contributed by atoms with E-state index >= 15 is 0 Å². The highest BCUT2D eigenvalue weighted by atomic mass is 16.5. The first-order chi connectivity index (χ1) is 8.72. The third kappa shape index (κ3) is 7.75. The van der Waals surface area contributed by atoms with Gasteiger partial charge in [-0.2, -0.15) is 0 Å². The molecule has 0 saturated carbocycles. The van der Waals surface area contributed by atoms with Gasteiger partial charge in [0.15, 0.2) is 0 Å². The summed E-state index contributed by atoms with van der Waals surface area (Å²) in [6.45, 7) is 8.21. The van der Waals surface area contributed by atoms with E-state index in [-0.39, 0.29) is 30.0 Å². The molecule has 0 amide bonds. The molecule has 0 spiro atoms. The first-order valence-electron chi connectivity index (χ1n) is 5.65. The van der Waals surface area contributed by atoms with Gasteiger partial charge >= 0.3 is 17.9 Å². The first-order valence-corrected chi connectivity index (χ1v) is 5.65. The number of hydrogen-bond donors (Lipinski definition) is 2. The SMILES string of the molecule is C=C(C)C(=O)OC.CCC(C(=O)O)=C(CC)C(=O)O. The third-order valence-corrected chi connectivity index (χ3v) is 2.12. The number of carbonyl (C=O) groups is 3. The van der Waals surface area contributed by atoms with Gasteiger partial charge in [0.05, 0.1) is 7.11 Å². The summed E-state index contributed by atoms with van der Waals surface area (Å²) >= 11 is 0. The fourth-order valence-corrected chi connectivity index (χ4v) is 1.16. The molecule has 0 aliphatic rings. The van der Waals surface area contributed by atoms with Gasteiger partial charge in [-0.3, -0.25) is 0 Å². The van der Waals surface area contributed by atoms with E-state index in [1.807, 2.05) is 0 Å². The predicted octanol–water partition coefficient (Wildman–Crippen LogP) is 2.01. The molecule has 0 aliphatic heterocycles. The molecule has 6 nitrogen and oxygen atoms in total. The molecule has 0 aromatic heterocycles. The second-order valence-corrected chi connectivity index (χ2v) is 3.55. The quantitative estimate of drug-likeness (QED) is 0.586. The zero-order valence-corrected chi connectivity index (χ0v) is 11.6. The van der Waals surface area contributed by atoms with Crippen LogP contribution in [0.1, 0.15) is 33.6 Å². The van der Waals surface area contributed by atoms with Gasteiger partial charge in [0.2, 0.25) is 0 Å². The van der Waals surface area contributed by atoms with E-state index in [0.717, 1.165) is 0 Å². The van der Waals surface area contributed by atoms with Crippen LogP contribution in [0, 0.1) is 0 Å². The van der Waals surface area contributed by atoms with E-state index in [4.69, 9.17) is 10.2 Å². The van der Waals surface area contributed by atoms with Crippen LogP contribution in [-0.2, 0) is 19.1 Å². The third-order valence-electron chi connectivity index (χ3n) is 2.12. The van der Waals surface area contributed by atoms with Crippen LogP contribution in [0.3, 0.4) is 0 Å². The lowest BCUT2D eigenvalue weighted by atomic mass is 10.0. The molecule has 6 heteroatoms. The van der Waals surface area contributed by atoms with E-state index in [9.17, 15) is 14.4 Å². The van der Waals surface area contributed by atoms with Crippen LogP contribution in [-0.4, -0.2) is 35.2 Å². The van der Waals surface area contributed by atoms with Crippen molar-refractivity contribution in [1.29, 1.82) is 0 Å².